The topological polar surface area (TPSA) is 41.6 Å². The third kappa shape index (κ3) is 6.45. The van der Waals surface area contributed by atoms with Crippen LogP contribution in [0.2, 0.25) is 0 Å². The lowest BCUT2D eigenvalue weighted by atomic mass is 9.90. The Morgan fingerprint density at radius 2 is 1.75 bits per heavy atom. The van der Waals surface area contributed by atoms with Crippen molar-refractivity contribution < 1.29 is 22.7 Å². The van der Waals surface area contributed by atoms with Gasteiger partial charge in [-0.05, 0) is 40.5 Å². The molecule has 0 spiro atoms. The van der Waals surface area contributed by atoms with Gasteiger partial charge in [-0.1, -0.05) is 0 Å². The molecule has 4 nitrogen and oxygen atoms in total. The van der Waals surface area contributed by atoms with Crippen molar-refractivity contribution in [1.82, 2.24) is 10.2 Å². The van der Waals surface area contributed by atoms with E-state index in [2.05, 4.69) is 5.32 Å². The van der Waals surface area contributed by atoms with Crippen molar-refractivity contribution in [2.75, 3.05) is 19.6 Å². The number of piperidine rings is 1. The number of carbonyl (C=O) groups excluding carboxylic acids is 1. The molecular weight excluding hydrogens is 273 g/mol. The Balaban J connectivity index is 2.44. The van der Waals surface area contributed by atoms with Crippen LogP contribution in [0.5, 0.6) is 0 Å². The minimum absolute atomic E-state index is 0.311. The maximum Gasteiger partial charge on any atom is 0.408 e. The summed E-state index contributed by atoms with van der Waals surface area (Å²) in [6.45, 7) is 6.86. The van der Waals surface area contributed by atoms with Gasteiger partial charge in [0, 0.05) is 18.6 Å². The molecule has 0 unspecified atom stereocenters. The first-order valence-corrected chi connectivity index (χ1v) is 6.69. The van der Waals surface area contributed by atoms with E-state index in [0.717, 1.165) is 0 Å². The van der Waals surface area contributed by atoms with E-state index >= 15 is 0 Å². The van der Waals surface area contributed by atoms with Gasteiger partial charge in [0.1, 0.15) is 5.60 Å². The second kappa shape index (κ2) is 5.79. The number of halogens is 3. The lowest BCUT2D eigenvalue weighted by Crippen LogP contribution is -2.55. The van der Waals surface area contributed by atoms with Crippen molar-refractivity contribution >= 4 is 6.09 Å². The van der Waals surface area contributed by atoms with Crippen LogP contribution in [-0.2, 0) is 4.74 Å². The van der Waals surface area contributed by atoms with Crippen LogP contribution in [0.25, 0.3) is 0 Å². The van der Waals surface area contributed by atoms with Crippen molar-refractivity contribution in [2.24, 2.45) is 0 Å². The summed E-state index contributed by atoms with van der Waals surface area (Å²) >= 11 is 0. The average Bonchev–Trinajstić information content (AvgIpc) is 2.16. The second-order valence-corrected chi connectivity index (χ2v) is 6.58. The number of likely N-dealkylation sites (tertiary alicyclic amines) is 1. The maximum atomic E-state index is 12.3. The van der Waals surface area contributed by atoms with E-state index in [0.29, 0.717) is 25.9 Å². The average molecular weight is 296 g/mol. The molecular formula is C13H23F3N2O2. The van der Waals surface area contributed by atoms with E-state index in [1.165, 1.54) is 4.90 Å². The first kappa shape index (κ1) is 17.1. The number of alkyl carbamates (subject to hydrolysis) is 1. The van der Waals surface area contributed by atoms with E-state index in [1.54, 1.807) is 20.8 Å². The van der Waals surface area contributed by atoms with Gasteiger partial charge in [0.2, 0.25) is 0 Å². The van der Waals surface area contributed by atoms with Crippen molar-refractivity contribution in [2.45, 2.75) is 57.9 Å². The van der Waals surface area contributed by atoms with Gasteiger partial charge in [0.15, 0.2) is 0 Å². The molecule has 1 aliphatic heterocycles. The number of amides is 1. The fourth-order valence-corrected chi connectivity index (χ4v) is 2.13. The van der Waals surface area contributed by atoms with Gasteiger partial charge in [-0.2, -0.15) is 13.2 Å². The number of hydrogen-bond acceptors (Lipinski definition) is 3. The number of nitrogens with one attached hydrogen (secondary N) is 1. The van der Waals surface area contributed by atoms with Crippen LogP contribution >= 0.6 is 0 Å². The molecule has 118 valence electrons. The standard InChI is InChI=1S/C13H23F3N2O2/c1-11(2,3)20-10(19)17-12(4)5-7-18(8-6-12)9-13(14,15)16/h5-9H2,1-4H3,(H,17,19). The molecule has 20 heavy (non-hydrogen) atoms. The van der Waals surface area contributed by atoms with Crippen LogP contribution < -0.4 is 5.32 Å². The fraction of sp³-hybridized carbons (Fsp3) is 0.923. The van der Waals surface area contributed by atoms with Gasteiger partial charge in [0.25, 0.3) is 0 Å². The summed E-state index contributed by atoms with van der Waals surface area (Å²) in [6, 6.07) is 0. The minimum Gasteiger partial charge on any atom is -0.444 e. The molecule has 7 heteroatoms. The van der Waals surface area contributed by atoms with Crippen LogP contribution in [0, 0.1) is 0 Å². The summed E-state index contributed by atoms with van der Waals surface area (Å²) < 4.78 is 42.1. The van der Waals surface area contributed by atoms with Crippen molar-refractivity contribution in [3.8, 4) is 0 Å². The molecule has 1 aliphatic rings. The third-order valence-corrected chi connectivity index (χ3v) is 3.17. The predicted octanol–water partition coefficient (Wildman–Crippen LogP) is 2.93. The summed E-state index contributed by atoms with van der Waals surface area (Å²) in [4.78, 5) is 13.1. The molecule has 1 amide bonds. The highest BCUT2D eigenvalue weighted by Crippen LogP contribution is 2.25. The van der Waals surface area contributed by atoms with Crippen molar-refractivity contribution in [3.05, 3.63) is 0 Å². The van der Waals surface area contributed by atoms with Gasteiger partial charge < -0.3 is 10.1 Å². The van der Waals surface area contributed by atoms with E-state index in [9.17, 15) is 18.0 Å². The SMILES string of the molecule is CC1(NC(=O)OC(C)(C)C)CCN(CC(F)(F)F)CC1. The molecule has 0 aromatic carbocycles. The number of ether oxygens (including phenoxy) is 1. The Morgan fingerprint density at radius 1 is 1.25 bits per heavy atom. The first-order valence-electron chi connectivity index (χ1n) is 6.69. The lowest BCUT2D eigenvalue weighted by Gasteiger charge is -2.40. The Labute approximate surface area is 117 Å². The molecule has 1 N–H and O–H groups in total. The molecule has 0 bridgehead atoms. The van der Waals surface area contributed by atoms with Gasteiger partial charge in [0.05, 0.1) is 6.54 Å². The molecule has 1 heterocycles. The summed E-state index contributed by atoms with van der Waals surface area (Å²) in [7, 11) is 0. The Morgan fingerprint density at radius 3 is 2.15 bits per heavy atom. The predicted molar refractivity (Wildman–Crippen MR) is 69.5 cm³/mol. The Kier molecular flexibility index (Phi) is 4.94. The zero-order valence-electron chi connectivity index (χ0n) is 12.4. The number of carbonyl (C=O) groups is 1. The molecule has 0 radical (unpaired) electrons. The second-order valence-electron chi connectivity index (χ2n) is 6.58. The third-order valence-electron chi connectivity index (χ3n) is 3.17. The lowest BCUT2D eigenvalue weighted by molar-refractivity contribution is -0.149. The van der Waals surface area contributed by atoms with Gasteiger partial charge in [-0.3, -0.25) is 4.90 Å². The molecule has 0 aromatic heterocycles. The largest absolute Gasteiger partial charge is 0.444 e. The smallest absolute Gasteiger partial charge is 0.408 e. The molecule has 0 atom stereocenters. The molecule has 1 fully saturated rings. The molecule has 0 aromatic rings. The van der Waals surface area contributed by atoms with Gasteiger partial charge in [-0.15, -0.1) is 0 Å². The van der Waals surface area contributed by atoms with E-state index in [1.807, 2.05) is 6.92 Å². The zero-order chi connectivity index (χ0) is 15.6. The minimum atomic E-state index is -4.17. The monoisotopic (exact) mass is 296 g/mol. The van der Waals surface area contributed by atoms with E-state index < -0.39 is 30.0 Å². The highest BCUT2D eigenvalue weighted by atomic mass is 19.4. The van der Waals surface area contributed by atoms with E-state index in [-0.39, 0.29) is 0 Å². The van der Waals surface area contributed by atoms with Gasteiger partial charge >= 0.3 is 12.3 Å². The van der Waals surface area contributed by atoms with Crippen LogP contribution in [0.1, 0.15) is 40.5 Å². The van der Waals surface area contributed by atoms with E-state index in [4.69, 9.17) is 4.74 Å². The zero-order valence-corrected chi connectivity index (χ0v) is 12.4. The summed E-state index contributed by atoms with van der Waals surface area (Å²) in [5.41, 5.74) is -1.10. The molecule has 0 saturated carbocycles. The Hall–Kier alpha value is -0.980. The quantitative estimate of drug-likeness (QED) is 0.852. The van der Waals surface area contributed by atoms with Crippen LogP contribution in [-0.4, -0.2) is 47.9 Å². The van der Waals surface area contributed by atoms with Crippen LogP contribution in [0.15, 0.2) is 0 Å². The molecule has 0 aliphatic carbocycles. The van der Waals surface area contributed by atoms with Gasteiger partial charge in [-0.25, -0.2) is 4.79 Å². The highest BCUT2D eigenvalue weighted by molar-refractivity contribution is 5.68. The number of nitrogens with zero attached hydrogens (tertiary/aromatic N) is 1. The maximum absolute atomic E-state index is 12.3. The number of rotatable bonds is 2. The Bertz CT molecular complexity index is 343. The molecule has 1 saturated heterocycles. The first-order chi connectivity index (χ1) is 8.89. The highest BCUT2D eigenvalue weighted by Gasteiger charge is 2.37. The number of hydrogen-bond donors (Lipinski definition) is 1. The van der Waals surface area contributed by atoms with Crippen molar-refractivity contribution in [1.29, 1.82) is 0 Å². The van der Waals surface area contributed by atoms with Crippen LogP contribution in [0.3, 0.4) is 0 Å². The fourth-order valence-electron chi connectivity index (χ4n) is 2.13. The normalized spacial score (nSPS) is 20.6. The summed E-state index contributed by atoms with van der Waals surface area (Å²) in [5.74, 6) is 0. The summed E-state index contributed by atoms with van der Waals surface area (Å²) in [6.07, 6.45) is -3.75. The van der Waals surface area contributed by atoms with Crippen molar-refractivity contribution in [3.63, 3.8) is 0 Å². The number of alkyl halides is 3. The summed E-state index contributed by atoms with van der Waals surface area (Å²) in [5, 5.41) is 2.77. The van der Waals surface area contributed by atoms with Crippen LogP contribution in [0.4, 0.5) is 18.0 Å². The molecule has 1 rings (SSSR count).